The highest BCUT2D eigenvalue weighted by atomic mass is 35.5. The van der Waals surface area contributed by atoms with Crippen molar-refractivity contribution >= 4 is 28.4 Å². The van der Waals surface area contributed by atoms with Crippen LogP contribution in [-0.4, -0.2) is 26.9 Å². The Hall–Kier alpha value is -1.88. The third-order valence-corrected chi connectivity index (χ3v) is 4.27. The smallest absolute Gasteiger partial charge is 0.261 e. The summed E-state index contributed by atoms with van der Waals surface area (Å²) in [7, 11) is 1.68. The molecule has 1 aromatic heterocycles. The molecular weight excluding hydrogens is 314 g/mol. The average Bonchev–Trinajstić information content (AvgIpc) is 2.50. The Bertz CT molecular complexity index is 798. The highest BCUT2D eigenvalue weighted by Crippen LogP contribution is 2.22. The summed E-state index contributed by atoms with van der Waals surface area (Å²) in [4.78, 5) is 31.3. The minimum atomic E-state index is -0.295. The number of rotatable bonds is 4. The van der Waals surface area contributed by atoms with Gasteiger partial charge >= 0.3 is 0 Å². The fraction of sp³-hybridized carbons (Fsp3) is 0.471. The van der Waals surface area contributed by atoms with Gasteiger partial charge in [0.25, 0.3) is 5.56 Å². The van der Waals surface area contributed by atoms with Crippen LogP contribution in [0.15, 0.2) is 23.0 Å². The monoisotopic (exact) mass is 335 g/mol. The van der Waals surface area contributed by atoms with Gasteiger partial charge in [-0.15, -0.1) is 0 Å². The van der Waals surface area contributed by atoms with E-state index in [0.717, 1.165) is 0 Å². The SMILES string of the molecule is CCN(C(=O)C(C)C)C(C)c1nc2cc(Cl)ccc2c(=O)n1C. The zero-order chi connectivity index (χ0) is 17.3. The molecule has 23 heavy (non-hydrogen) atoms. The van der Waals surface area contributed by atoms with E-state index in [4.69, 9.17) is 11.6 Å². The van der Waals surface area contributed by atoms with Crippen LogP contribution in [0.3, 0.4) is 0 Å². The van der Waals surface area contributed by atoms with Crippen molar-refractivity contribution in [1.29, 1.82) is 0 Å². The highest BCUT2D eigenvalue weighted by molar-refractivity contribution is 6.31. The topological polar surface area (TPSA) is 55.2 Å². The standard InChI is InChI=1S/C17H22ClN3O2/c1-6-21(16(22)10(2)3)11(4)15-19-14-9-12(18)7-8-13(14)17(23)20(15)5/h7-11H,6H2,1-5H3. The molecule has 1 heterocycles. The van der Waals surface area contributed by atoms with Gasteiger partial charge in [0.05, 0.1) is 16.9 Å². The number of benzene rings is 1. The summed E-state index contributed by atoms with van der Waals surface area (Å²) in [6, 6.07) is 4.74. The first kappa shape index (κ1) is 17.5. The van der Waals surface area contributed by atoms with Gasteiger partial charge in [-0.2, -0.15) is 0 Å². The Morgan fingerprint density at radius 3 is 2.57 bits per heavy atom. The van der Waals surface area contributed by atoms with Gasteiger partial charge in [-0.3, -0.25) is 14.2 Å². The molecule has 5 nitrogen and oxygen atoms in total. The van der Waals surface area contributed by atoms with E-state index in [-0.39, 0.29) is 23.4 Å². The maximum Gasteiger partial charge on any atom is 0.261 e. The van der Waals surface area contributed by atoms with Gasteiger partial charge in [0.1, 0.15) is 5.82 Å². The summed E-state index contributed by atoms with van der Waals surface area (Å²) in [5, 5.41) is 1.05. The molecule has 2 aromatic rings. The minimum absolute atomic E-state index is 0.0421. The predicted molar refractivity (Wildman–Crippen MR) is 92.6 cm³/mol. The lowest BCUT2D eigenvalue weighted by Crippen LogP contribution is -2.39. The van der Waals surface area contributed by atoms with Gasteiger partial charge < -0.3 is 4.90 Å². The average molecular weight is 336 g/mol. The van der Waals surface area contributed by atoms with Crippen LogP contribution in [0.4, 0.5) is 0 Å². The number of carbonyl (C=O) groups is 1. The Kier molecular flexibility index (Phi) is 5.09. The van der Waals surface area contributed by atoms with Gasteiger partial charge in [-0.1, -0.05) is 25.4 Å². The Morgan fingerprint density at radius 1 is 1.35 bits per heavy atom. The first-order valence-corrected chi connectivity index (χ1v) is 8.12. The first-order chi connectivity index (χ1) is 10.8. The maximum atomic E-state index is 12.6. The predicted octanol–water partition coefficient (Wildman–Crippen LogP) is 3.15. The second kappa shape index (κ2) is 6.71. The fourth-order valence-electron chi connectivity index (χ4n) is 2.73. The number of fused-ring (bicyclic) bond motifs is 1. The molecule has 1 amide bonds. The molecule has 0 aliphatic heterocycles. The number of halogens is 1. The number of hydrogen-bond acceptors (Lipinski definition) is 3. The number of nitrogens with zero attached hydrogens (tertiary/aromatic N) is 3. The number of carbonyl (C=O) groups excluding carboxylic acids is 1. The Balaban J connectivity index is 2.60. The molecule has 124 valence electrons. The van der Waals surface area contributed by atoms with Crippen LogP contribution in [-0.2, 0) is 11.8 Å². The quantitative estimate of drug-likeness (QED) is 0.862. The van der Waals surface area contributed by atoms with Crippen molar-refractivity contribution in [2.24, 2.45) is 13.0 Å². The Labute approximate surface area is 140 Å². The van der Waals surface area contributed by atoms with Crippen LogP contribution >= 0.6 is 11.6 Å². The number of hydrogen-bond donors (Lipinski definition) is 0. The van der Waals surface area contributed by atoms with Crippen molar-refractivity contribution in [2.75, 3.05) is 6.54 Å². The van der Waals surface area contributed by atoms with Crippen LogP contribution in [0, 0.1) is 5.92 Å². The lowest BCUT2D eigenvalue weighted by atomic mass is 10.1. The normalized spacial score (nSPS) is 12.7. The van der Waals surface area contributed by atoms with Crippen molar-refractivity contribution in [3.8, 4) is 0 Å². The third-order valence-electron chi connectivity index (χ3n) is 4.03. The van der Waals surface area contributed by atoms with E-state index in [1.807, 2.05) is 27.7 Å². The third kappa shape index (κ3) is 3.24. The molecule has 1 aromatic carbocycles. The molecular formula is C17H22ClN3O2. The van der Waals surface area contributed by atoms with Gasteiger partial charge in [0.2, 0.25) is 5.91 Å². The maximum absolute atomic E-state index is 12.6. The van der Waals surface area contributed by atoms with Crippen molar-refractivity contribution in [3.05, 3.63) is 39.4 Å². The molecule has 0 saturated heterocycles. The summed E-state index contributed by atoms with van der Waals surface area (Å²) in [5.41, 5.74) is 0.414. The molecule has 0 saturated carbocycles. The second-order valence-corrected chi connectivity index (χ2v) is 6.39. The summed E-state index contributed by atoms with van der Waals surface area (Å²) < 4.78 is 1.51. The molecule has 0 N–H and O–H groups in total. The lowest BCUT2D eigenvalue weighted by molar-refractivity contribution is -0.136. The molecule has 0 fully saturated rings. The Morgan fingerprint density at radius 2 is 2.00 bits per heavy atom. The van der Waals surface area contributed by atoms with Crippen molar-refractivity contribution in [3.63, 3.8) is 0 Å². The summed E-state index contributed by atoms with van der Waals surface area (Å²) in [5.74, 6) is 0.491. The van der Waals surface area contributed by atoms with E-state index in [0.29, 0.717) is 28.3 Å². The van der Waals surface area contributed by atoms with Crippen molar-refractivity contribution < 1.29 is 4.79 Å². The molecule has 0 bridgehead atoms. The summed E-state index contributed by atoms with van der Waals surface area (Å²) in [6.45, 7) is 8.10. The number of aromatic nitrogens is 2. The molecule has 0 aliphatic carbocycles. The zero-order valence-electron chi connectivity index (χ0n) is 14.1. The molecule has 2 rings (SSSR count). The van der Waals surface area contributed by atoms with Crippen LogP contribution < -0.4 is 5.56 Å². The van der Waals surface area contributed by atoms with E-state index >= 15 is 0 Å². The second-order valence-electron chi connectivity index (χ2n) is 5.95. The number of amides is 1. The summed E-state index contributed by atoms with van der Waals surface area (Å²) >= 11 is 6.01. The lowest BCUT2D eigenvalue weighted by Gasteiger charge is -2.30. The van der Waals surface area contributed by atoms with Crippen LogP contribution in [0.25, 0.3) is 10.9 Å². The fourth-order valence-corrected chi connectivity index (χ4v) is 2.89. The van der Waals surface area contributed by atoms with E-state index in [1.165, 1.54) is 4.57 Å². The molecule has 0 aliphatic rings. The van der Waals surface area contributed by atoms with Crippen molar-refractivity contribution in [2.45, 2.75) is 33.7 Å². The van der Waals surface area contributed by atoms with Crippen LogP contribution in [0.5, 0.6) is 0 Å². The van der Waals surface area contributed by atoms with Gasteiger partial charge in [0.15, 0.2) is 0 Å². The van der Waals surface area contributed by atoms with Gasteiger partial charge in [-0.25, -0.2) is 4.98 Å². The largest absolute Gasteiger partial charge is 0.333 e. The van der Waals surface area contributed by atoms with Gasteiger partial charge in [-0.05, 0) is 32.0 Å². The first-order valence-electron chi connectivity index (χ1n) is 7.74. The molecule has 0 radical (unpaired) electrons. The van der Waals surface area contributed by atoms with E-state index < -0.39 is 0 Å². The molecule has 6 heteroatoms. The van der Waals surface area contributed by atoms with E-state index in [9.17, 15) is 9.59 Å². The minimum Gasteiger partial charge on any atom is -0.333 e. The van der Waals surface area contributed by atoms with E-state index in [1.54, 1.807) is 30.1 Å². The highest BCUT2D eigenvalue weighted by Gasteiger charge is 2.25. The summed E-state index contributed by atoms with van der Waals surface area (Å²) in [6.07, 6.45) is 0. The van der Waals surface area contributed by atoms with Crippen molar-refractivity contribution in [1.82, 2.24) is 14.5 Å². The zero-order valence-corrected chi connectivity index (χ0v) is 14.9. The van der Waals surface area contributed by atoms with Crippen LogP contribution in [0.1, 0.15) is 39.6 Å². The molecule has 1 unspecified atom stereocenters. The molecule has 1 atom stereocenters. The van der Waals surface area contributed by atoms with Crippen LogP contribution in [0.2, 0.25) is 5.02 Å². The van der Waals surface area contributed by atoms with Gasteiger partial charge in [0, 0.05) is 24.5 Å². The molecule has 0 spiro atoms. The van der Waals surface area contributed by atoms with E-state index in [2.05, 4.69) is 4.98 Å².